The van der Waals surface area contributed by atoms with Crippen molar-refractivity contribution in [3.63, 3.8) is 0 Å². The Morgan fingerprint density at radius 1 is 1.16 bits per heavy atom. The van der Waals surface area contributed by atoms with Crippen molar-refractivity contribution in [1.29, 1.82) is 0 Å². The quantitative estimate of drug-likeness (QED) is 0.825. The van der Waals surface area contributed by atoms with Crippen LogP contribution in [0, 0.1) is 0 Å². The summed E-state index contributed by atoms with van der Waals surface area (Å²) in [5, 5.41) is 13.1. The zero-order valence-electron chi connectivity index (χ0n) is 13.9. The van der Waals surface area contributed by atoms with Gasteiger partial charge in [-0.15, -0.1) is 0 Å². The fourth-order valence-corrected chi connectivity index (χ4v) is 2.95. The summed E-state index contributed by atoms with van der Waals surface area (Å²) in [6, 6.07) is 12.8. The second-order valence-corrected chi connectivity index (χ2v) is 6.46. The first-order valence-electron chi connectivity index (χ1n) is 8.26. The maximum atomic E-state index is 10.9. The van der Waals surface area contributed by atoms with Gasteiger partial charge in [0.2, 0.25) is 0 Å². The first kappa shape index (κ1) is 17.7. The van der Waals surface area contributed by atoms with Crippen molar-refractivity contribution in [3.8, 4) is 0 Å². The van der Waals surface area contributed by atoms with Crippen molar-refractivity contribution in [1.82, 2.24) is 4.90 Å². The number of rotatable bonds is 6. The Bertz CT molecular complexity index is 728. The van der Waals surface area contributed by atoms with E-state index in [9.17, 15) is 4.79 Å². The fraction of sp³-hybridized carbons (Fsp3) is 0.316. The van der Waals surface area contributed by atoms with E-state index in [-0.39, 0.29) is 0 Å². The molecule has 132 valence electrons. The van der Waals surface area contributed by atoms with Crippen LogP contribution in [0.1, 0.15) is 21.5 Å². The van der Waals surface area contributed by atoms with Gasteiger partial charge < -0.3 is 15.2 Å². The van der Waals surface area contributed by atoms with Crippen molar-refractivity contribution >= 4 is 23.3 Å². The molecule has 0 radical (unpaired) electrons. The topological polar surface area (TPSA) is 61.8 Å². The van der Waals surface area contributed by atoms with Crippen molar-refractivity contribution < 1.29 is 14.6 Å². The molecule has 1 heterocycles. The minimum absolute atomic E-state index is 0.294. The van der Waals surface area contributed by atoms with Gasteiger partial charge in [-0.2, -0.15) is 0 Å². The number of hydrogen-bond donors (Lipinski definition) is 2. The predicted octanol–water partition coefficient (Wildman–Crippen LogP) is 3.48. The van der Waals surface area contributed by atoms with E-state index in [0.29, 0.717) is 12.1 Å². The Balaban J connectivity index is 1.62. The molecule has 0 unspecified atom stereocenters. The molecule has 1 aliphatic rings. The standard InChI is InChI=1S/C19H21ClN2O3/c20-18-6-5-17(11-16(18)13-22-7-9-25-10-8-22)21-12-14-1-3-15(4-2-14)19(23)24/h1-6,11,21H,7-10,12-13H2,(H,23,24). The highest BCUT2D eigenvalue weighted by Gasteiger charge is 2.13. The molecule has 3 rings (SSSR count). The molecular weight excluding hydrogens is 340 g/mol. The predicted molar refractivity (Wildman–Crippen MR) is 98.3 cm³/mol. The van der Waals surface area contributed by atoms with E-state index in [4.69, 9.17) is 21.4 Å². The number of nitrogens with zero attached hydrogens (tertiary/aromatic N) is 1. The Morgan fingerprint density at radius 3 is 2.56 bits per heavy atom. The number of halogens is 1. The van der Waals surface area contributed by atoms with Crippen molar-refractivity contribution in [3.05, 3.63) is 64.2 Å². The molecule has 1 aliphatic heterocycles. The molecule has 2 N–H and O–H groups in total. The lowest BCUT2D eigenvalue weighted by Gasteiger charge is -2.27. The smallest absolute Gasteiger partial charge is 0.335 e. The van der Waals surface area contributed by atoms with Gasteiger partial charge in [-0.3, -0.25) is 4.90 Å². The highest BCUT2D eigenvalue weighted by Crippen LogP contribution is 2.23. The van der Waals surface area contributed by atoms with Gasteiger partial charge in [-0.05, 0) is 41.5 Å². The molecule has 0 bridgehead atoms. The van der Waals surface area contributed by atoms with E-state index >= 15 is 0 Å². The number of ether oxygens (including phenoxy) is 1. The second kappa shape index (κ2) is 8.34. The highest BCUT2D eigenvalue weighted by molar-refractivity contribution is 6.31. The van der Waals surface area contributed by atoms with E-state index in [2.05, 4.69) is 16.3 Å². The first-order chi connectivity index (χ1) is 12.1. The number of aromatic carboxylic acids is 1. The van der Waals surface area contributed by atoms with Gasteiger partial charge in [0, 0.05) is 36.9 Å². The second-order valence-electron chi connectivity index (χ2n) is 6.05. The van der Waals surface area contributed by atoms with Gasteiger partial charge >= 0.3 is 5.97 Å². The van der Waals surface area contributed by atoms with Crippen LogP contribution >= 0.6 is 11.6 Å². The van der Waals surface area contributed by atoms with Crippen molar-refractivity contribution in [2.45, 2.75) is 13.1 Å². The Kier molecular flexibility index (Phi) is 5.91. The zero-order valence-corrected chi connectivity index (χ0v) is 14.6. The maximum absolute atomic E-state index is 10.9. The molecule has 2 aromatic rings. The van der Waals surface area contributed by atoms with Crippen LogP contribution in [0.25, 0.3) is 0 Å². The molecular formula is C19H21ClN2O3. The maximum Gasteiger partial charge on any atom is 0.335 e. The van der Waals surface area contributed by atoms with Gasteiger partial charge in [0.25, 0.3) is 0 Å². The average Bonchev–Trinajstić information content (AvgIpc) is 2.63. The van der Waals surface area contributed by atoms with E-state index < -0.39 is 5.97 Å². The average molecular weight is 361 g/mol. The van der Waals surface area contributed by atoms with Crippen LogP contribution in [0.2, 0.25) is 5.02 Å². The Morgan fingerprint density at radius 2 is 1.88 bits per heavy atom. The van der Waals surface area contributed by atoms with Gasteiger partial charge in [0.15, 0.2) is 0 Å². The zero-order chi connectivity index (χ0) is 17.6. The molecule has 0 aromatic heterocycles. The van der Waals surface area contributed by atoms with E-state index in [0.717, 1.165) is 54.7 Å². The lowest BCUT2D eigenvalue weighted by atomic mass is 10.1. The number of benzene rings is 2. The van der Waals surface area contributed by atoms with Crippen LogP contribution in [0.4, 0.5) is 5.69 Å². The van der Waals surface area contributed by atoms with Crippen LogP contribution in [-0.2, 0) is 17.8 Å². The molecule has 6 heteroatoms. The van der Waals surface area contributed by atoms with Crippen molar-refractivity contribution in [2.24, 2.45) is 0 Å². The molecule has 0 saturated carbocycles. The Hall–Kier alpha value is -2.08. The van der Waals surface area contributed by atoms with E-state index in [1.807, 2.05) is 24.3 Å². The summed E-state index contributed by atoms with van der Waals surface area (Å²) in [6.07, 6.45) is 0. The lowest BCUT2D eigenvalue weighted by molar-refractivity contribution is 0.0342. The third-order valence-electron chi connectivity index (χ3n) is 4.24. The van der Waals surface area contributed by atoms with Crippen LogP contribution in [0.3, 0.4) is 0 Å². The molecule has 5 nitrogen and oxygen atoms in total. The number of carbonyl (C=O) groups is 1. The number of hydrogen-bond acceptors (Lipinski definition) is 4. The number of carboxylic acid groups (broad SMARTS) is 1. The molecule has 0 aliphatic carbocycles. The van der Waals surface area contributed by atoms with Crippen LogP contribution < -0.4 is 5.32 Å². The SMILES string of the molecule is O=C(O)c1ccc(CNc2ccc(Cl)c(CN3CCOCC3)c2)cc1. The monoisotopic (exact) mass is 360 g/mol. The van der Waals surface area contributed by atoms with Gasteiger partial charge in [0.1, 0.15) is 0 Å². The van der Waals surface area contributed by atoms with E-state index in [1.54, 1.807) is 12.1 Å². The summed E-state index contributed by atoms with van der Waals surface area (Å²) in [6.45, 7) is 4.81. The number of carboxylic acids is 1. The molecule has 2 aromatic carbocycles. The van der Waals surface area contributed by atoms with Crippen LogP contribution in [-0.4, -0.2) is 42.3 Å². The summed E-state index contributed by atoms with van der Waals surface area (Å²) in [5.74, 6) is -0.912. The van der Waals surface area contributed by atoms with Crippen LogP contribution in [0.5, 0.6) is 0 Å². The van der Waals surface area contributed by atoms with Gasteiger partial charge in [-0.25, -0.2) is 4.79 Å². The largest absolute Gasteiger partial charge is 0.478 e. The summed E-state index contributed by atoms with van der Waals surface area (Å²) in [7, 11) is 0. The minimum atomic E-state index is -0.912. The summed E-state index contributed by atoms with van der Waals surface area (Å²) in [5.41, 5.74) is 3.41. The highest BCUT2D eigenvalue weighted by atomic mass is 35.5. The summed E-state index contributed by atoms with van der Waals surface area (Å²) < 4.78 is 5.38. The van der Waals surface area contributed by atoms with Gasteiger partial charge in [0.05, 0.1) is 18.8 Å². The first-order valence-corrected chi connectivity index (χ1v) is 8.64. The third-order valence-corrected chi connectivity index (χ3v) is 4.61. The minimum Gasteiger partial charge on any atom is -0.478 e. The molecule has 1 fully saturated rings. The van der Waals surface area contributed by atoms with E-state index in [1.165, 1.54) is 0 Å². The summed E-state index contributed by atoms with van der Waals surface area (Å²) in [4.78, 5) is 13.2. The van der Waals surface area contributed by atoms with Gasteiger partial charge in [-0.1, -0.05) is 23.7 Å². The molecule has 0 amide bonds. The molecule has 25 heavy (non-hydrogen) atoms. The fourth-order valence-electron chi connectivity index (χ4n) is 2.78. The molecule has 0 atom stereocenters. The number of morpholine rings is 1. The molecule has 0 spiro atoms. The normalized spacial score (nSPS) is 15.1. The van der Waals surface area contributed by atoms with Crippen LogP contribution in [0.15, 0.2) is 42.5 Å². The number of anilines is 1. The van der Waals surface area contributed by atoms with Crippen molar-refractivity contribution in [2.75, 3.05) is 31.6 Å². The lowest BCUT2D eigenvalue weighted by Crippen LogP contribution is -2.35. The molecule has 1 saturated heterocycles. The third kappa shape index (κ3) is 4.95. The number of nitrogens with one attached hydrogen (secondary N) is 1. The Labute approximate surface area is 152 Å². The summed E-state index contributed by atoms with van der Waals surface area (Å²) >= 11 is 6.34.